The third-order valence-electron chi connectivity index (χ3n) is 3.70. The minimum absolute atomic E-state index is 0.636. The lowest BCUT2D eigenvalue weighted by Crippen LogP contribution is -2.20. The monoisotopic (exact) mass is 230 g/mol. The number of benzene rings is 1. The molecule has 91 valence electrons. The number of nitrogens with one attached hydrogen (secondary N) is 1. The van der Waals surface area contributed by atoms with Crippen LogP contribution in [-0.2, 0) is 6.42 Å². The van der Waals surface area contributed by atoms with Gasteiger partial charge in [0.2, 0.25) is 0 Å². The molecule has 1 heterocycles. The molecule has 0 spiro atoms. The zero-order valence-electron chi connectivity index (χ0n) is 11.0. The summed E-state index contributed by atoms with van der Waals surface area (Å²) >= 11 is 0. The Hall–Kier alpha value is -0.955. The maximum absolute atomic E-state index is 5.46. The van der Waals surface area contributed by atoms with E-state index in [9.17, 15) is 0 Å². The fourth-order valence-electron chi connectivity index (χ4n) is 2.63. The highest BCUT2D eigenvalue weighted by Gasteiger charge is 2.19. The Morgan fingerprint density at radius 2 is 2.29 bits per heavy atom. The number of rotatable bonds is 3. The molecule has 3 heteroatoms. The summed E-state index contributed by atoms with van der Waals surface area (Å²) in [5.41, 5.74) is 4.17. The molecule has 1 N–H and O–H groups in total. The summed E-state index contributed by atoms with van der Waals surface area (Å²) in [6.07, 6.45) is 2.29. The Morgan fingerprint density at radius 1 is 1.47 bits per heavy atom. The topological polar surface area (TPSA) is 21.3 Å². The Bertz CT molecular complexity index is 392. The second-order valence-electron chi connectivity index (χ2n) is 4.64. The molecule has 0 bridgehead atoms. The molecular weight excluding hydrogens is 209 g/mol. The van der Waals surface area contributed by atoms with E-state index in [0.29, 0.717) is 5.92 Å². The molecule has 1 atom stereocenters. The summed E-state index contributed by atoms with van der Waals surface area (Å²) < 4.78 is 5.46. The smallest absolute Gasteiger partial charge is 0.153 e. The van der Waals surface area contributed by atoms with Crippen molar-refractivity contribution in [3.05, 3.63) is 23.3 Å². The Labute approximate surface area is 105 Å². The minimum Gasteiger partial charge on any atom is -0.497 e. The van der Waals surface area contributed by atoms with Crippen molar-refractivity contribution in [3.63, 3.8) is 0 Å². The Morgan fingerprint density at radius 3 is 2.94 bits per heavy atom. The summed E-state index contributed by atoms with van der Waals surface area (Å²) in [5, 5.41) is 3.52. The van der Waals surface area contributed by atoms with Gasteiger partial charge in [0, 0.05) is 6.54 Å². The van der Waals surface area contributed by atoms with Crippen molar-refractivity contribution < 1.29 is 4.74 Å². The van der Waals surface area contributed by atoms with Crippen LogP contribution in [0.2, 0.25) is 6.82 Å². The summed E-state index contributed by atoms with van der Waals surface area (Å²) in [4.78, 5) is 0. The third kappa shape index (κ3) is 2.49. The molecule has 2 rings (SSSR count). The first-order valence-electron chi connectivity index (χ1n) is 6.51. The lowest BCUT2D eigenvalue weighted by molar-refractivity contribution is 0.417. The molecule has 1 aliphatic rings. The molecule has 1 aromatic carbocycles. The second kappa shape index (κ2) is 5.59. The molecule has 0 aliphatic carbocycles. The van der Waals surface area contributed by atoms with Crippen LogP contribution in [0.25, 0.3) is 0 Å². The van der Waals surface area contributed by atoms with Gasteiger partial charge in [0.15, 0.2) is 7.28 Å². The van der Waals surface area contributed by atoms with Gasteiger partial charge in [-0.25, -0.2) is 0 Å². The van der Waals surface area contributed by atoms with E-state index < -0.39 is 0 Å². The van der Waals surface area contributed by atoms with Crippen molar-refractivity contribution in [2.75, 3.05) is 20.2 Å². The zero-order valence-corrected chi connectivity index (χ0v) is 11.0. The molecular formula is C14H21BNO. The maximum Gasteiger partial charge on any atom is 0.153 e. The largest absolute Gasteiger partial charge is 0.497 e. The summed E-state index contributed by atoms with van der Waals surface area (Å²) in [6, 6.07) is 4.54. The molecule has 1 unspecified atom stereocenters. The van der Waals surface area contributed by atoms with Crippen LogP contribution in [0.15, 0.2) is 12.1 Å². The van der Waals surface area contributed by atoms with Crippen LogP contribution < -0.4 is 15.5 Å². The van der Waals surface area contributed by atoms with Crippen LogP contribution in [0, 0.1) is 0 Å². The van der Waals surface area contributed by atoms with E-state index in [-0.39, 0.29) is 0 Å². The van der Waals surface area contributed by atoms with Gasteiger partial charge in [-0.2, -0.15) is 0 Å². The Kier molecular flexibility index (Phi) is 4.11. The van der Waals surface area contributed by atoms with Gasteiger partial charge in [-0.1, -0.05) is 19.8 Å². The van der Waals surface area contributed by atoms with E-state index in [0.717, 1.165) is 25.3 Å². The molecule has 0 fully saturated rings. The van der Waals surface area contributed by atoms with Crippen LogP contribution in [0.5, 0.6) is 5.75 Å². The first-order chi connectivity index (χ1) is 8.30. The lowest BCUT2D eigenvalue weighted by atomic mass is 9.70. The van der Waals surface area contributed by atoms with Crippen LogP contribution >= 0.6 is 0 Å². The van der Waals surface area contributed by atoms with E-state index in [4.69, 9.17) is 4.74 Å². The van der Waals surface area contributed by atoms with Crippen molar-refractivity contribution in [3.8, 4) is 5.75 Å². The predicted octanol–water partition coefficient (Wildman–Crippen LogP) is 1.71. The molecule has 0 amide bonds. The summed E-state index contributed by atoms with van der Waals surface area (Å²) in [5.74, 6) is 1.64. The van der Waals surface area contributed by atoms with E-state index >= 15 is 0 Å². The second-order valence-corrected chi connectivity index (χ2v) is 4.64. The normalized spacial score (nSPS) is 19.4. The molecule has 17 heavy (non-hydrogen) atoms. The number of hydrogen-bond donors (Lipinski definition) is 1. The molecule has 2 nitrogen and oxygen atoms in total. The van der Waals surface area contributed by atoms with Crippen molar-refractivity contribution in [2.24, 2.45) is 0 Å². The van der Waals surface area contributed by atoms with Gasteiger partial charge in [-0.3, -0.25) is 0 Å². The summed E-state index contributed by atoms with van der Waals surface area (Å²) in [7, 11) is 3.88. The van der Waals surface area contributed by atoms with Crippen molar-refractivity contribution in [2.45, 2.75) is 32.5 Å². The number of fused-ring (bicyclic) bond motifs is 1. The van der Waals surface area contributed by atoms with Gasteiger partial charge in [0.05, 0.1) is 7.11 Å². The quantitative estimate of drug-likeness (QED) is 0.798. The molecule has 1 radical (unpaired) electrons. The standard InChI is InChI=1S/C14H21BNO/c1-4-10-9-16-6-5-11-7-14(17-3)13(15-2)8-12(10)11/h7-8,10,16H,4-6,9H2,1-3H3. The first-order valence-corrected chi connectivity index (χ1v) is 6.51. The molecule has 0 saturated carbocycles. The van der Waals surface area contributed by atoms with Crippen LogP contribution in [0.3, 0.4) is 0 Å². The van der Waals surface area contributed by atoms with E-state index in [2.05, 4.69) is 38.5 Å². The molecule has 0 saturated heterocycles. The highest BCUT2D eigenvalue weighted by Crippen LogP contribution is 2.27. The van der Waals surface area contributed by atoms with Crippen molar-refractivity contribution in [1.29, 1.82) is 0 Å². The van der Waals surface area contributed by atoms with Crippen LogP contribution in [-0.4, -0.2) is 27.5 Å². The van der Waals surface area contributed by atoms with Gasteiger partial charge < -0.3 is 10.1 Å². The van der Waals surface area contributed by atoms with Crippen LogP contribution in [0.4, 0.5) is 0 Å². The highest BCUT2D eigenvalue weighted by atomic mass is 16.5. The average Bonchev–Trinajstić information content (AvgIpc) is 2.58. The maximum atomic E-state index is 5.46. The summed E-state index contributed by atoms with van der Waals surface area (Å²) in [6.45, 7) is 6.50. The zero-order chi connectivity index (χ0) is 12.3. The lowest BCUT2D eigenvalue weighted by Gasteiger charge is -2.18. The number of hydrogen-bond acceptors (Lipinski definition) is 2. The third-order valence-corrected chi connectivity index (χ3v) is 3.70. The fourth-order valence-corrected chi connectivity index (χ4v) is 2.63. The van der Waals surface area contributed by atoms with Crippen molar-refractivity contribution in [1.82, 2.24) is 5.32 Å². The van der Waals surface area contributed by atoms with E-state index in [1.807, 2.05) is 0 Å². The average molecular weight is 230 g/mol. The number of methoxy groups -OCH3 is 1. The SMILES string of the molecule is C[B]c1cc2c(cc1OC)CCNCC2CC. The fraction of sp³-hybridized carbons (Fsp3) is 0.571. The van der Waals surface area contributed by atoms with Crippen LogP contribution in [0.1, 0.15) is 30.4 Å². The van der Waals surface area contributed by atoms with Gasteiger partial charge in [-0.15, -0.1) is 0 Å². The Balaban J connectivity index is 2.47. The number of ether oxygens (including phenoxy) is 1. The first kappa shape index (κ1) is 12.5. The predicted molar refractivity (Wildman–Crippen MR) is 73.9 cm³/mol. The van der Waals surface area contributed by atoms with E-state index in [1.54, 1.807) is 7.11 Å². The highest BCUT2D eigenvalue weighted by molar-refractivity contribution is 6.53. The van der Waals surface area contributed by atoms with Gasteiger partial charge >= 0.3 is 0 Å². The molecule has 1 aliphatic heterocycles. The molecule has 0 aromatic heterocycles. The van der Waals surface area contributed by atoms with Crippen molar-refractivity contribution >= 4 is 12.7 Å². The van der Waals surface area contributed by atoms with E-state index in [1.165, 1.54) is 23.0 Å². The molecule has 1 aromatic rings. The van der Waals surface area contributed by atoms with Gasteiger partial charge in [-0.05, 0) is 48.0 Å². The van der Waals surface area contributed by atoms with Gasteiger partial charge in [0.1, 0.15) is 5.75 Å². The van der Waals surface area contributed by atoms with Gasteiger partial charge in [0.25, 0.3) is 0 Å². The minimum atomic E-state index is 0.636.